The number of nitrogens with zero attached hydrogens (tertiary/aromatic N) is 4. The average molecular weight is 691 g/mol. The van der Waals surface area contributed by atoms with Crippen molar-refractivity contribution in [2.45, 2.75) is 0 Å². The largest absolute Gasteiger partial charge is 0.456 e. The van der Waals surface area contributed by atoms with Gasteiger partial charge in [-0.3, -0.25) is 0 Å². The van der Waals surface area contributed by atoms with Crippen molar-refractivity contribution < 1.29 is 4.42 Å². The van der Waals surface area contributed by atoms with Crippen LogP contribution in [0.1, 0.15) is 0 Å². The summed E-state index contributed by atoms with van der Waals surface area (Å²) in [5.74, 6) is 1.83. The summed E-state index contributed by atoms with van der Waals surface area (Å²) < 4.78 is 8.58. The van der Waals surface area contributed by atoms with Crippen molar-refractivity contribution in [3.05, 3.63) is 182 Å². The van der Waals surface area contributed by atoms with Gasteiger partial charge >= 0.3 is 0 Å². The number of benzene rings is 8. The lowest BCUT2D eigenvalue weighted by molar-refractivity contribution is 0.669. The molecular formula is C49H30N4O. The van der Waals surface area contributed by atoms with Crippen LogP contribution in [0.25, 0.3) is 105 Å². The Labute approximate surface area is 310 Å². The SMILES string of the molecule is c1ccc2cc(-c3nc(-c4ccc(-c5ccc(-n6c7ccccc7c7ccccc76)cc5)cc4)nc(-c4cccc5oc6ccccc6c45)n3)ccc2c1. The second-order valence-corrected chi connectivity index (χ2v) is 13.6. The molecule has 0 atom stereocenters. The Hall–Kier alpha value is -7.37. The van der Waals surface area contributed by atoms with Crippen LogP contribution >= 0.6 is 0 Å². The van der Waals surface area contributed by atoms with Gasteiger partial charge in [-0.25, -0.2) is 15.0 Å². The molecule has 0 fully saturated rings. The molecule has 5 nitrogen and oxygen atoms in total. The van der Waals surface area contributed by atoms with Gasteiger partial charge in [0.2, 0.25) is 0 Å². The van der Waals surface area contributed by atoms with E-state index in [-0.39, 0.29) is 0 Å². The maximum Gasteiger partial charge on any atom is 0.164 e. The molecule has 0 aliphatic heterocycles. The molecule has 0 N–H and O–H groups in total. The van der Waals surface area contributed by atoms with Crippen molar-refractivity contribution in [1.29, 1.82) is 0 Å². The molecule has 8 aromatic carbocycles. The Morgan fingerprint density at radius 3 is 1.65 bits per heavy atom. The molecule has 11 rings (SSSR count). The van der Waals surface area contributed by atoms with Gasteiger partial charge in [-0.15, -0.1) is 0 Å². The summed E-state index contributed by atoms with van der Waals surface area (Å²) in [7, 11) is 0. The molecule has 0 amide bonds. The first kappa shape index (κ1) is 30.3. The minimum absolute atomic E-state index is 0.602. The highest BCUT2D eigenvalue weighted by molar-refractivity contribution is 6.12. The lowest BCUT2D eigenvalue weighted by atomic mass is 10.0. The highest BCUT2D eigenvalue weighted by Gasteiger charge is 2.18. The molecule has 3 aromatic heterocycles. The fraction of sp³-hybridized carbons (Fsp3) is 0. The highest BCUT2D eigenvalue weighted by atomic mass is 16.3. The molecular weight excluding hydrogens is 661 g/mol. The van der Waals surface area contributed by atoms with Crippen LogP contribution in [-0.4, -0.2) is 19.5 Å². The Morgan fingerprint density at radius 2 is 0.907 bits per heavy atom. The second-order valence-electron chi connectivity index (χ2n) is 13.6. The highest BCUT2D eigenvalue weighted by Crippen LogP contribution is 2.37. The number of aromatic nitrogens is 4. The van der Waals surface area contributed by atoms with Crippen molar-refractivity contribution in [3.63, 3.8) is 0 Å². The van der Waals surface area contributed by atoms with Crippen LogP contribution in [-0.2, 0) is 0 Å². The summed E-state index contributed by atoms with van der Waals surface area (Å²) in [6, 6.07) is 63.4. The first-order valence-electron chi connectivity index (χ1n) is 18.1. The van der Waals surface area contributed by atoms with E-state index in [0.717, 1.165) is 60.8 Å². The van der Waals surface area contributed by atoms with E-state index in [1.165, 1.54) is 27.2 Å². The topological polar surface area (TPSA) is 56.7 Å². The Bertz CT molecular complexity index is 3160. The average Bonchev–Trinajstić information content (AvgIpc) is 3.80. The van der Waals surface area contributed by atoms with E-state index in [1.54, 1.807) is 0 Å². The zero-order valence-corrected chi connectivity index (χ0v) is 29.0. The lowest BCUT2D eigenvalue weighted by Crippen LogP contribution is -2.00. The van der Waals surface area contributed by atoms with Gasteiger partial charge in [0.15, 0.2) is 17.5 Å². The third-order valence-corrected chi connectivity index (χ3v) is 10.5. The zero-order valence-electron chi connectivity index (χ0n) is 29.0. The van der Waals surface area contributed by atoms with Crippen LogP contribution in [0.3, 0.4) is 0 Å². The summed E-state index contributed by atoms with van der Waals surface area (Å²) in [6.07, 6.45) is 0. The van der Waals surface area contributed by atoms with Crippen molar-refractivity contribution in [2.75, 3.05) is 0 Å². The molecule has 5 heteroatoms. The first-order chi connectivity index (χ1) is 26.7. The standard InChI is InChI=1S/C49H30N4O/c1-2-11-35-30-36(25-22-31(35)10-1)48-50-47(51-49(52-48)41-15-9-19-45-46(41)40-14-5-8-18-44(40)54-45)34-23-20-32(21-24-34)33-26-28-37(29-27-33)53-42-16-6-3-12-38(42)39-13-4-7-17-43(39)53/h1-30H. The molecule has 0 aliphatic rings. The lowest BCUT2D eigenvalue weighted by Gasteiger charge is -2.11. The maximum absolute atomic E-state index is 6.24. The Balaban J connectivity index is 1.00. The van der Waals surface area contributed by atoms with E-state index < -0.39 is 0 Å². The van der Waals surface area contributed by atoms with E-state index in [2.05, 4.69) is 156 Å². The van der Waals surface area contributed by atoms with Gasteiger partial charge < -0.3 is 8.98 Å². The van der Waals surface area contributed by atoms with Crippen LogP contribution < -0.4 is 0 Å². The minimum Gasteiger partial charge on any atom is -0.456 e. The molecule has 54 heavy (non-hydrogen) atoms. The Morgan fingerprint density at radius 1 is 0.370 bits per heavy atom. The van der Waals surface area contributed by atoms with Gasteiger partial charge in [0.25, 0.3) is 0 Å². The van der Waals surface area contributed by atoms with Gasteiger partial charge in [-0.1, -0.05) is 140 Å². The van der Waals surface area contributed by atoms with Crippen LogP contribution in [0.5, 0.6) is 0 Å². The smallest absolute Gasteiger partial charge is 0.164 e. The van der Waals surface area contributed by atoms with Crippen LogP contribution in [0.2, 0.25) is 0 Å². The molecule has 0 saturated carbocycles. The molecule has 0 spiro atoms. The fourth-order valence-corrected chi connectivity index (χ4v) is 7.86. The molecule has 3 heterocycles. The van der Waals surface area contributed by atoms with Crippen LogP contribution in [0, 0.1) is 0 Å². The molecule has 0 unspecified atom stereocenters. The molecule has 252 valence electrons. The molecule has 0 saturated heterocycles. The molecule has 0 radical (unpaired) electrons. The van der Waals surface area contributed by atoms with Gasteiger partial charge in [0.05, 0.1) is 11.0 Å². The first-order valence-corrected chi connectivity index (χ1v) is 18.1. The van der Waals surface area contributed by atoms with Crippen molar-refractivity contribution in [3.8, 4) is 51.0 Å². The van der Waals surface area contributed by atoms with E-state index in [9.17, 15) is 0 Å². The summed E-state index contributed by atoms with van der Waals surface area (Å²) in [5.41, 5.74) is 10.2. The van der Waals surface area contributed by atoms with Crippen molar-refractivity contribution in [2.24, 2.45) is 0 Å². The van der Waals surface area contributed by atoms with E-state index in [0.29, 0.717) is 17.5 Å². The zero-order chi connectivity index (χ0) is 35.6. The summed E-state index contributed by atoms with van der Waals surface area (Å²) in [6.45, 7) is 0. The van der Waals surface area contributed by atoms with Gasteiger partial charge in [-0.05, 0) is 64.4 Å². The maximum atomic E-state index is 6.24. The number of fused-ring (bicyclic) bond motifs is 7. The number of rotatable bonds is 5. The van der Waals surface area contributed by atoms with Crippen molar-refractivity contribution >= 4 is 54.5 Å². The quantitative estimate of drug-likeness (QED) is 0.180. The summed E-state index contributed by atoms with van der Waals surface area (Å²) in [5, 5.41) is 6.85. The van der Waals surface area contributed by atoms with Crippen molar-refractivity contribution in [1.82, 2.24) is 19.5 Å². The van der Waals surface area contributed by atoms with E-state index >= 15 is 0 Å². The number of furan rings is 1. The minimum atomic E-state index is 0.602. The van der Waals surface area contributed by atoms with E-state index in [4.69, 9.17) is 19.4 Å². The number of hydrogen-bond acceptors (Lipinski definition) is 4. The molecule has 0 bridgehead atoms. The predicted molar refractivity (Wildman–Crippen MR) is 221 cm³/mol. The number of para-hydroxylation sites is 3. The number of hydrogen-bond donors (Lipinski definition) is 0. The molecule has 0 aliphatic carbocycles. The summed E-state index contributed by atoms with van der Waals surface area (Å²) >= 11 is 0. The third-order valence-electron chi connectivity index (χ3n) is 10.5. The van der Waals surface area contributed by atoms with Gasteiger partial charge in [-0.2, -0.15) is 0 Å². The third kappa shape index (κ3) is 4.90. The normalized spacial score (nSPS) is 11.7. The fourth-order valence-electron chi connectivity index (χ4n) is 7.86. The van der Waals surface area contributed by atoms with Gasteiger partial charge in [0.1, 0.15) is 11.2 Å². The predicted octanol–water partition coefficient (Wildman–Crippen LogP) is 12.7. The van der Waals surface area contributed by atoms with Crippen LogP contribution in [0.15, 0.2) is 186 Å². The summed E-state index contributed by atoms with van der Waals surface area (Å²) in [4.78, 5) is 15.3. The van der Waals surface area contributed by atoms with Gasteiger partial charge in [0, 0.05) is 43.9 Å². The second kappa shape index (κ2) is 12.1. The monoisotopic (exact) mass is 690 g/mol. The molecule has 11 aromatic rings. The van der Waals surface area contributed by atoms with E-state index in [1.807, 2.05) is 30.3 Å². The Kier molecular flexibility index (Phi) is 6.79. The van der Waals surface area contributed by atoms with Crippen LogP contribution in [0.4, 0.5) is 0 Å².